The van der Waals surface area contributed by atoms with Crippen molar-refractivity contribution in [1.82, 2.24) is 10.3 Å². The molecule has 112 valence electrons. The maximum Gasteiger partial charge on any atom is 0.253 e. The smallest absolute Gasteiger partial charge is 0.253 e. The average molecular weight is 289 g/mol. The highest BCUT2D eigenvalue weighted by molar-refractivity contribution is 6.07. The molecule has 0 radical (unpaired) electrons. The second-order valence-corrected chi connectivity index (χ2v) is 5.38. The Morgan fingerprint density at radius 3 is 3.14 bits per heavy atom. The number of amides is 1. The van der Waals surface area contributed by atoms with Crippen LogP contribution >= 0.6 is 0 Å². The van der Waals surface area contributed by atoms with Crippen LogP contribution in [0.15, 0.2) is 24.4 Å². The normalized spacial score (nSPS) is 21.8. The average Bonchev–Trinajstić information content (AvgIpc) is 3.11. The van der Waals surface area contributed by atoms with Gasteiger partial charge in [-0.05, 0) is 18.2 Å². The van der Waals surface area contributed by atoms with E-state index in [9.17, 15) is 4.79 Å². The summed E-state index contributed by atoms with van der Waals surface area (Å²) < 4.78 is 10.9. The molecule has 2 aromatic rings. The van der Waals surface area contributed by atoms with E-state index in [2.05, 4.69) is 10.3 Å². The van der Waals surface area contributed by atoms with Crippen molar-refractivity contribution in [3.63, 3.8) is 0 Å². The Morgan fingerprint density at radius 2 is 2.43 bits per heavy atom. The zero-order valence-electron chi connectivity index (χ0n) is 11.9. The molecule has 1 saturated heterocycles. The molecule has 0 saturated carbocycles. The Morgan fingerprint density at radius 1 is 1.57 bits per heavy atom. The van der Waals surface area contributed by atoms with Crippen LogP contribution in [0.5, 0.6) is 0 Å². The first-order chi connectivity index (χ1) is 10.1. The molecule has 0 spiro atoms. The first-order valence-electron chi connectivity index (χ1n) is 6.91. The van der Waals surface area contributed by atoms with Crippen LogP contribution in [0, 0.1) is 0 Å². The van der Waals surface area contributed by atoms with Crippen molar-refractivity contribution in [2.45, 2.75) is 12.0 Å². The third-order valence-corrected chi connectivity index (χ3v) is 4.02. The van der Waals surface area contributed by atoms with E-state index < -0.39 is 5.60 Å². The Hall–Kier alpha value is -2.05. The number of ether oxygens (including phenoxy) is 2. The molecule has 21 heavy (non-hydrogen) atoms. The van der Waals surface area contributed by atoms with E-state index in [1.807, 2.05) is 12.1 Å². The number of aromatic amines is 1. The van der Waals surface area contributed by atoms with Crippen LogP contribution in [-0.4, -0.2) is 43.4 Å². The fourth-order valence-electron chi connectivity index (χ4n) is 2.63. The van der Waals surface area contributed by atoms with Gasteiger partial charge in [-0.15, -0.1) is 0 Å². The number of fused-ring (bicyclic) bond motifs is 1. The third kappa shape index (κ3) is 2.59. The first kappa shape index (κ1) is 13.9. The van der Waals surface area contributed by atoms with Gasteiger partial charge >= 0.3 is 0 Å². The van der Waals surface area contributed by atoms with Gasteiger partial charge in [0.05, 0.1) is 12.2 Å². The number of carbonyl (C=O) groups excluding carboxylic acids is 1. The minimum atomic E-state index is -0.411. The molecule has 1 aliphatic rings. The van der Waals surface area contributed by atoms with Crippen molar-refractivity contribution < 1.29 is 14.3 Å². The number of nitrogens with one attached hydrogen (secondary N) is 2. The van der Waals surface area contributed by atoms with Crippen molar-refractivity contribution >= 4 is 22.5 Å². The van der Waals surface area contributed by atoms with Gasteiger partial charge in [-0.25, -0.2) is 0 Å². The number of H-pyrrole nitrogens is 1. The molecule has 0 bridgehead atoms. The number of carbonyl (C=O) groups is 1. The van der Waals surface area contributed by atoms with Gasteiger partial charge in [0, 0.05) is 49.5 Å². The summed E-state index contributed by atoms with van der Waals surface area (Å²) in [5, 5.41) is 3.79. The van der Waals surface area contributed by atoms with Crippen LogP contribution in [0.25, 0.3) is 10.9 Å². The van der Waals surface area contributed by atoms with Crippen LogP contribution in [0.4, 0.5) is 5.69 Å². The molecule has 0 aliphatic carbocycles. The fraction of sp³-hybridized carbons (Fsp3) is 0.400. The van der Waals surface area contributed by atoms with E-state index in [-0.39, 0.29) is 5.91 Å². The number of hydrogen-bond acceptors (Lipinski definition) is 4. The summed E-state index contributed by atoms with van der Waals surface area (Å²) in [5.41, 5.74) is 7.45. The Balaban J connectivity index is 1.75. The van der Waals surface area contributed by atoms with E-state index in [0.29, 0.717) is 31.0 Å². The number of nitrogen functional groups attached to an aromatic ring is 1. The van der Waals surface area contributed by atoms with Gasteiger partial charge in [0.15, 0.2) is 0 Å². The molecule has 1 aliphatic heterocycles. The second-order valence-electron chi connectivity index (χ2n) is 5.38. The number of aromatic nitrogens is 1. The zero-order chi connectivity index (χ0) is 14.9. The largest absolute Gasteiger partial charge is 0.399 e. The van der Waals surface area contributed by atoms with Crippen molar-refractivity contribution in [2.24, 2.45) is 0 Å². The number of nitrogens with two attached hydrogens (primary N) is 1. The minimum Gasteiger partial charge on any atom is -0.399 e. The van der Waals surface area contributed by atoms with Crippen molar-refractivity contribution in [3.8, 4) is 0 Å². The molecule has 1 atom stereocenters. The Bertz CT molecular complexity index is 659. The molecule has 2 heterocycles. The topological polar surface area (TPSA) is 89.4 Å². The predicted molar refractivity (Wildman–Crippen MR) is 80.2 cm³/mol. The molecule has 3 rings (SSSR count). The number of benzene rings is 1. The van der Waals surface area contributed by atoms with Crippen LogP contribution in [0.1, 0.15) is 16.8 Å². The maximum atomic E-state index is 12.4. The molecule has 1 unspecified atom stereocenters. The standard InChI is InChI=1S/C15H19N3O3/c1-20-15(4-5-21-9-15)8-18-14(19)12-7-17-13-6-10(16)2-3-11(12)13/h2-3,6-7,17H,4-5,8-9,16H2,1H3,(H,18,19). The molecular formula is C15H19N3O3. The number of rotatable bonds is 4. The van der Waals surface area contributed by atoms with E-state index in [0.717, 1.165) is 17.3 Å². The summed E-state index contributed by atoms with van der Waals surface area (Å²) >= 11 is 0. The van der Waals surface area contributed by atoms with Crippen LogP contribution in [-0.2, 0) is 9.47 Å². The highest BCUT2D eigenvalue weighted by atomic mass is 16.5. The fourth-order valence-corrected chi connectivity index (χ4v) is 2.63. The predicted octanol–water partition coefficient (Wildman–Crippen LogP) is 1.29. The van der Waals surface area contributed by atoms with Gasteiger partial charge in [-0.2, -0.15) is 0 Å². The van der Waals surface area contributed by atoms with Gasteiger partial charge in [-0.1, -0.05) is 0 Å². The van der Waals surface area contributed by atoms with Gasteiger partial charge in [0.25, 0.3) is 5.91 Å². The van der Waals surface area contributed by atoms with E-state index in [1.165, 1.54) is 0 Å². The molecule has 6 nitrogen and oxygen atoms in total. The summed E-state index contributed by atoms with van der Waals surface area (Å²) in [6.45, 7) is 1.61. The molecule has 4 N–H and O–H groups in total. The number of hydrogen-bond donors (Lipinski definition) is 3. The van der Waals surface area contributed by atoms with Crippen LogP contribution in [0.2, 0.25) is 0 Å². The second kappa shape index (κ2) is 5.38. The highest BCUT2D eigenvalue weighted by Crippen LogP contribution is 2.23. The van der Waals surface area contributed by atoms with Crippen molar-refractivity contribution in [1.29, 1.82) is 0 Å². The van der Waals surface area contributed by atoms with Gasteiger partial charge in [0.1, 0.15) is 5.60 Å². The quantitative estimate of drug-likeness (QED) is 0.740. The summed E-state index contributed by atoms with van der Waals surface area (Å²) in [7, 11) is 1.65. The summed E-state index contributed by atoms with van der Waals surface area (Å²) in [6, 6.07) is 5.45. The number of anilines is 1. The molecule has 6 heteroatoms. The van der Waals surface area contributed by atoms with Crippen LogP contribution < -0.4 is 11.1 Å². The lowest BCUT2D eigenvalue weighted by atomic mass is 10.0. The highest BCUT2D eigenvalue weighted by Gasteiger charge is 2.35. The van der Waals surface area contributed by atoms with E-state index in [4.69, 9.17) is 15.2 Å². The molecular weight excluding hydrogens is 270 g/mol. The number of methoxy groups -OCH3 is 1. The minimum absolute atomic E-state index is 0.130. The lowest BCUT2D eigenvalue weighted by molar-refractivity contribution is -0.0148. The van der Waals surface area contributed by atoms with E-state index in [1.54, 1.807) is 19.4 Å². The lowest BCUT2D eigenvalue weighted by Gasteiger charge is -2.25. The molecule has 1 fully saturated rings. The summed E-state index contributed by atoms with van der Waals surface area (Å²) in [6.07, 6.45) is 2.48. The monoisotopic (exact) mass is 289 g/mol. The Labute approximate surface area is 122 Å². The Kier molecular flexibility index (Phi) is 3.57. The zero-order valence-corrected chi connectivity index (χ0v) is 11.9. The summed E-state index contributed by atoms with van der Waals surface area (Å²) in [4.78, 5) is 15.4. The van der Waals surface area contributed by atoms with Crippen molar-refractivity contribution in [3.05, 3.63) is 30.0 Å². The van der Waals surface area contributed by atoms with Crippen molar-refractivity contribution in [2.75, 3.05) is 32.6 Å². The van der Waals surface area contributed by atoms with E-state index >= 15 is 0 Å². The molecule has 1 aromatic heterocycles. The molecule has 1 amide bonds. The van der Waals surface area contributed by atoms with Gasteiger partial charge in [0.2, 0.25) is 0 Å². The summed E-state index contributed by atoms with van der Waals surface area (Å²) in [5.74, 6) is -0.130. The van der Waals surface area contributed by atoms with Gasteiger partial charge in [-0.3, -0.25) is 4.79 Å². The molecule has 1 aromatic carbocycles. The van der Waals surface area contributed by atoms with Gasteiger partial charge < -0.3 is 25.5 Å². The lowest BCUT2D eigenvalue weighted by Crippen LogP contribution is -2.44. The SMILES string of the molecule is COC1(CNC(=O)c2c[nH]c3cc(N)ccc23)CCOC1. The maximum absolute atomic E-state index is 12.4. The first-order valence-corrected chi connectivity index (χ1v) is 6.91. The van der Waals surface area contributed by atoms with Crippen LogP contribution in [0.3, 0.4) is 0 Å². The third-order valence-electron chi connectivity index (χ3n) is 4.02.